The molecular formula is C15H21F3N4O. The molecule has 0 aliphatic carbocycles. The molecule has 23 heavy (non-hydrogen) atoms. The van der Waals surface area contributed by atoms with E-state index in [1.807, 2.05) is 0 Å². The number of benzene rings is 1. The molecule has 0 amide bonds. The summed E-state index contributed by atoms with van der Waals surface area (Å²) in [4.78, 5) is 6.47. The van der Waals surface area contributed by atoms with Crippen LogP contribution in [0.3, 0.4) is 0 Å². The van der Waals surface area contributed by atoms with Crippen molar-refractivity contribution >= 4 is 11.6 Å². The number of anilines is 1. The van der Waals surface area contributed by atoms with Gasteiger partial charge in [-0.2, -0.15) is 0 Å². The summed E-state index contributed by atoms with van der Waals surface area (Å²) in [6.07, 6.45) is -2.56. The SMILES string of the molecule is CN1CCCC(CN=C(N)Nc2ccccc2OC(F)(F)F)C1. The topological polar surface area (TPSA) is 62.9 Å². The molecule has 5 nitrogen and oxygen atoms in total. The standard InChI is InChI=1S/C15H21F3N4O/c1-22-8-4-5-11(10-22)9-20-14(19)21-12-6-2-3-7-13(12)23-15(16,17)18/h2-3,6-7,11H,4-5,8-10H2,1H3,(H3,19,20,21). The summed E-state index contributed by atoms with van der Waals surface area (Å²) in [6, 6.07) is 5.73. The summed E-state index contributed by atoms with van der Waals surface area (Å²) in [5.74, 6) is 0.155. The van der Waals surface area contributed by atoms with E-state index in [-0.39, 0.29) is 17.4 Å². The molecule has 3 N–H and O–H groups in total. The predicted octanol–water partition coefficient (Wildman–Crippen LogP) is 2.65. The molecule has 1 aliphatic rings. The minimum Gasteiger partial charge on any atom is -0.404 e. The quantitative estimate of drug-likeness (QED) is 0.658. The average molecular weight is 330 g/mol. The van der Waals surface area contributed by atoms with Crippen molar-refractivity contribution in [3.63, 3.8) is 0 Å². The second kappa shape index (κ2) is 7.54. The third kappa shape index (κ3) is 5.97. The van der Waals surface area contributed by atoms with E-state index in [1.54, 1.807) is 6.07 Å². The molecule has 1 aromatic rings. The number of ether oxygens (including phenoxy) is 1. The van der Waals surface area contributed by atoms with Crippen LogP contribution in [0.1, 0.15) is 12.8 Å². The minimum absolute atomic E-state index is 0.0800. The third-order valence-electron chi connectivity index (χ3n) is 3.62. The maximum atomic E-state index is 12.4. The lowest BCUT2D eigenvalue weighted by molar-refractivity contribution is -0.274. The number of likely N-dealkylation sites (tertiary alicyclic amines) is 1. The lowest BCUT2D eigenvalue weighted by Gasteiger charge is -2.28. The Bertz CT molecular complexity index is 548. The van der Waals surface area contributed by atoms with Gasteiger partial charge < -0.3 is 20.7 Å². The fourth-order valence-corrected chi connectivity index (χ4v) is 2.61. The van der Waals surface area contributed by atoms with Crippen LogP contribution in [0.15, 0.2) is 29.3 Å². The lowest BCUT2D eigenvalue weighted by atomic mass is 9.99. The van der Waals surface area contributed by atoms with Gasteiger partial charge in [-0.15, -0.1) is 13.2 Å². The number of hydrogen-bond donors (Lipinski definition) is 2. The molecule has 2 rings (SSSR count). The summed E-state index contributed by atoms with van der Waals surface area (Å²) < 4.78 is 41.1. The molecule has 0 spiro atoms. The fourth-order valence-electron chi connectivity index (χ4n) is 2.61. The molecule has 1 aromatic carbocycles. The number of aliphatic imine (C=N–C) groups is 1. The minimum atomic E-state index is -4.75. The Hall–Kier alpha value is -1.96. The molecule has 0 saturated carbocycles. The number of piperidine rings is 1. The number of nitrogens with one attached hydrogen (secondary N) is 1. The Morgan fingerprint density at radius 2 is 2.17 bits per heavy atom. The smallest absolute Gasteiger partial charge is 0.404 e. The van der Waals surface area contributed by atoms with Crippen LogP contribution in [-0.4, -0.2) is 43.9 Å². The van der Waals surface area contributed by atoms with Crippen LogP contribution in [0.5, 0.6) is 5.75 Å². The van der Waals surface area contributed by atoms with E-state index < -0.39 is 6.36 Å². The molecule has 1 heterocycles. The molecule has 128 valence electrons. The summed E-state index contributed by atoms with van der Waals surface area (Å²) >= 11 is 0. The van der Waals surface area contributed by atoms with Gasteiger partial charge in [0.2, 0.25) is 0 Å². The number of para-hydroxylation sites is 2. The molecule has 8 heteroatoms. The first-order valence-electron chi connectivity index (χ1n) is 7.44. The molecule has 0 radical (unpaired) electrons. The van der Waals surface area contributed by atoms with E-state index in [9.17, 15) is 13.2 Å². The van der Waals surface area contributed by atoms with Gasteiger partial charge in [0.05, 0.1) is 5.69 Å². The van der Waals surface area contributed by atoms with E-state index >= 15 is 0 Å². The maximum absolute atomic E-state index is 12.4. The molecule has 0 bridgehead atoms. The zero-order valence-corrected chi connectivity index (χ0v) is 12.9. The van der Waals surface area contributed by atoms with Crippen molar-refractivity contribution < 1.29 is 17.9 Å². The molecule has 1 aliphatic heterocycles. The number of hydrogen-bond acceptors (Lipinski definition) is 3. The van der Waals surface area contributed by atoms with Crippen LogP contribution in [0.2, 0.25) is 0 Å². The average Bonchev–Trinajstić information content (AvgIpc) is 2.46. The van der Waals surface area contributed by atoms with Crippen LogP contribution in [0.25, 0.3) is 0 Å². The Morgan fingerprint density at radius 1 is 1.43 bits per heavy atom. The first-order chi connectivity index (χ1) is 10.8. The summed E-state index contributed by atoms with van der Waals surface area (Å²) in [5.41, 5.74) is 5.91. The monoisotopic (exact) mass is 330 g/mol. The van der Waals surface area contributed by atoms with Gasteiger partial charge in [0.1, 0.15) is 0 Å². The highest BCUT2D eigenvalue weighted by atomic mass is 19.4. The zero-order chi connectivity index (χ0) is 16.9. The maximum Gasteiger partial charge on any atom is 0.573 e. The van der Waals surface area contributed by atoms with Crippen LogP contribution in [-0.2, 0) is 0 Å². The second-order valence-electron chi connectivity index (χ2n) is 5.67. The Labute approximate surface area is 133 Å². The summed E-state index contributed by atoms with van der Waals surface area (Å²) in [5, 5.41) is 2.67. The van der Waals surface area contributed by atoms with Crippen molar-refractivity contribution in [1.29, 1.82) is 0 Å². The highest BCUT2D eigenvalue weighted by Crippen LogP contribution is 2.29. The highest BCUT2D eigenvalue weighted by Gasteiger charge is 2.32. The Balaban J connectivity index is 1.96. The van der Waals surface area contributed by atoms with E-state index in [4.69, 9.17) is 5.73 Å². The summed E-state index contributed by atoms with van der Waals surface area (Å²) in [6.45, 7) is 2.58. The molecule has 1 fully saturated rings. The molecule has 1 atom stereocenters. The van der Waals surface area contributed by atoms with Gasteiger partial charge >= 0.3 is 6.36 Å². The third-order valence-corrected chi connectivity index (χ3v) is 3.62. The van der Waals surface area contributed by atoms with Crippen LogP contribution in [0, 0.1) is 5.92 Å². The Kier molecular flexibility index (Phi) is 5.70. The van der Waals surface area contributed by atoms with Gasteiger partial charge in [0, 0.05) is 13.1 Å². The number of rotatable bonds is 4. The molecule has 1 saturated heterocycles. The normalized spacial score (nSPS) is 20.3. The number of alkyl halides is 3. The number of nitrogens with two attached hydrogens (primary N) is 1. The van der Waals surface area contributed by atoms with Gasteiger partial charge in [-0.1, -0.05) is 12.1 Å². The number of nitrogens with zero attached hydrogens (tertiary/aromatic N) is 2. The Morgan fingerprint density at radius 3 is 2.87 bits per heavy atom. The van der Waals surface area contributed by atoms with Gasteiger partial charge in [-0.3, -0.25) is 4.99 Å². The molecule has 1 unspecified atom stereocenters. The molecule has 0 aromatic heterocycles. The van der Waals surface area contributed by atoms with Crippen LogP contribution >= 0.6 is 0 Å². The summed E-state index contributed by atoms with van der Waals surface area (Å²) in [7, 11) is 2.06. The van der Waals surface area contributed by atoms with Crippen molar-refractivity contribution in [3.05, 3.63) is 24.3 Å². The van der Waals surface area contributed by atoms with E-state index in [2.05, 4.69) is 27.0 Å². The second-order valence-corrected chi connectivity index (χ2v) is 5.67. The van der Waals surface area contributed by atoms with Crippen molar-refractivity contribution in [2.75, 3.05) is 32.0 Å². The van der Waals surface area contributed by atoms with Gasteiger partial charge in [0.15, 0.2) is 11.7 Å². The van der Waals surface area contributed by atoms with Gasteiger partial charge in [0.25, 0.3) is 0 Å². The number of halogens is 3. The van der Waals surface area contributed by atoms with E-state index in [0.29, 0.717) is 12.5 Å². The van der Waals surface area contributed by atoms with Crippen LogP contribution in [0.4, 0.5) is 18.9 Å². The number of guanidine groups is 1. The first kappa shape index (κ1) is 17.4. The van der Waals surface area contributed by atoms with Crippen LogP contribution < -0.4 is 15.8 Å². The zero-order valence-electron chi connectivity index (χ0n) is 12.9. The highest BCUT2D eigenvalue weighted by molar-refractivity contribution is 5.93. The van der Waals surface area contributed by atoms with Crippen molar-refractivity contribution in [3.8, 4) is 5.75 Å². The fraction of sp³-hybridized carbons (Fsp3) is 0.533. The lowest BCUT2D eigenvalue weighted by Crippen LogP contribution is -2.34. The molecular weight excluding hydrogens is 309 g/mol. The largest absolute Gasteiger partial charge is 0.573 e. The van der Waals surface area contributed by atoms with Crippen molar-refractivity contribution in [2.24, 2.45) is 16.6 Å². The first-order valence-corrected chi connectivity index (χ1v) is 7.44. The predicted molar refractivity (Wildman–Crippen MR) is 83.5 cm³/mol. The van der Waals surface area contributed by atoms with Gasteiger partial charge in [-0.05, 0) is 44.5 Å². The van der Waals surface area contributed by atoms with Crippen molar-refractivity contribution in [2.45, 2.75) is 19.2 Å². The van der Waals surface area contributed by atoms with E-state index in [0.717, 1.165) is 25.9 Å². The van der Waals surface area contributed by atoms with E-state index in [1.165, 1.54) is 18.2 Å². The van der Waals surface area contributed by atoms with Gasteiger partial charge in [-0.25, -0.2) is 0 Å². The van der Waals surface area contributed by atoms with Crippen molar-refractivity contribution in [1.82, 2.24) is 4.90 Å².